The number of carbonyl (C=O) groups excluding carboxylic acids is 1. The summed E-state index contributed by atoms with van der Waals surface area (Å²) in [6, 6.07) is 0. The third-order valence-corrected chi connectivity index (χ3v) is 3.17. The van der Waals surface area contributed by atoms with E-state index in [1.165, 1.54) is 6.42 Å². The zero-order chi connectivity index (χ0) is 12.0. The molecule has 3 heteroatoms. The maximum Gasteiger partial charge on any atom is 0.333 e. The van der Waals surface area contributed by atoms with Crippen LogP contribution in [0.3, 0.4) is 0 Å². The Kier molecular flexibility index (Phi) is 5.53. The molecular weight excluding hydrogens is 204 g/mol. The van der Waals surface area contributed by atoms with Gasteiger partial charge in [-0.1, -0.05) is 19.4 Å². The van der Waals surface area contributed by atoms with E-state index in [9.17, 15) is 9.90 Å². The predicted molar refractivity (Wildman–Crippen MR) is 63.0 cm³/mol. The molecule has 16 heavy (non-hydrogen) atoms. The molecule has 1 rings (SSSR count). The van der Waals surface area contributed by atoms with E-state index in [0.717, 1.165) is 32.1 Å². The van der Waals surface area contributed by atoms with Crippen LogP contribution in [0.1, 0.15) is 45.4 Å². The van der Waals surface area contributed by atoms with Crippen LogP contribution in [0, 0.1) is 5.92 Å². The van der Waals surface area contributed by atoms with Crippen LogP contribution >= 0.6 is 0 Å². The lowest BCUT2D eigenvalue weighted by Crippen LogP contribution is -2.24. The van der Waals surface area contributed by atoms with Crippen molar-refractivity contribution in [1.29, 1.82) is 0 Å². The van der Waals surface area contributed by atoms with Gasteiger partial charge in [0.25, 0.3) is 0 Å². The Morgan fingerprint density at radius 1 is 1.44 bits per heavy atom. The Morgan fingerprint density at radius 2 is 2.12 bits per heavy atom. The first-order chi connectivity index (χ1) is 7.61. The molecule has 0 aromatic heterocycles. The molecule has 1 aliphatic carbocycles. The molecule has 0 radical (unpaired) electrons. The Morgan fingerprint density at radius 3 is 2.75 bits per heavy atom. The summed E-state index contributed by atoms with van der Waals surface area (Å²) in [5.41, 5.74) is 0.442. The lowest BCUT2D eigenvalue weighted by molar-refractivity contribution is -0.139. The monoisotopic (exact) mass is 226 g/mol. The smallest absolute Gasteiger partial charge is 0.333 e. The summed E-state index contributed by atoms with van der Waals surface area (Å²) in [6.07, 6.45) is 6.03. The third-order valence-electron chi connectivity index (χ3n) is 3.17. The minimum absolute atomic E-state index is 0.148. The molecule has 2 atom stereocenters. The number of rotatable bonds is 5. The van der Waals surface area contributed by atoms with Crippen molar-refractivity contribution in [2.24, 2.45) is 5.92 Å². The van der Waals surface area contributed by atoms with Crippen molar-refractivity contribution >= 4 is 5.97 Å². The molecule has 0 spiro atoms. The molecule has 1 fully saturated rings. The summed E-state index contributed by atoms with van der Waals surface area (Å²) in [4.78, 5) is 11.1. The molecule has 0 aromatic carbocycles. The zero-order valence-electron chi connectivity index (χ0n) is 10.1. The molecule has 0 aliphatic heterocycles. The largest absolute Gasteiger partial charge is 0.462 e. The molecule has 0 aromatic rings. The highest BCUT2D eigenvalue weighted by Gasteiger charge is 2.22. The van der Waals surface area contributed by atoms with Gasteiger partial charge in [-0.05, 0) is 38.5 Å². The third kappa shape index (κ3) is 4.35. The van der Waals surface area contributed by atoms with E-state index in [1.807, 2.05) is 0 Å². The average molecular weight is 226 g/mol. The standard InChI is InChI=1S/C13H22O3/c1-10(2)13(15)16-9-5-7-11-6-3-4-8-12(11)14/h11-12,14H,1,3-9H2,2H3. The van der Waals surface area contributed by atoms with Crippen LogP contribution in [0.25, 0.3) is 0 Å². The second-order valence-corrected chi connectivity index (χ2v) is 4.67. The van der Waals surface area contributed by atoms with Crippen LogP contribution in [0.5, 0.6) is 0 Å². The SMILES string of the molecule is C=C(C)C(=O)OCCCC1CCCCC1O. The molecule has 2 unspecified atom stereocenters. The first kappa shape index (κ1) is 13.2. The van der Waals surface area contributed by atoms with Crippen LogP contribution in [0.4, 0.5) is 0 Å². The molecule has 0 saturated heterocycles. The highest BCUT2D eigenvalue weighted by molar-refractivity contribution is 5.86. The van der Waals surface area contributed by atoms with Crippen molar-refractivity contribution in [1.82, 2.24) is 0 Å². The average Bonchev–Trinajstić information content (AvgIpc) is 2.26. The summed E-state index contributed by atoms with van der Waals surface area (Å²) in [6.45, 7) is 5.61. The molecule has 0 amide bonds. The number of carbonyl (C=O) groups is 1. The predicted octanol–water partition coefficient (Wildman–Crippen LogP) is 2.44. The first-order valence-electron chi connectivity index (χ1n) is 6.12. The van der Waals surface area contributed by atoms with Crippen molar-refractivity contribution in [3.8, 4) is 0 Å². The number of hydrogen-bond donors (Lipinski definition) is 1. The minimum atomic E-state index is -0.316. The number of esters is 1. The maximum atomic E-state index is 11.1. The van der Waals surface area contributed by atoms with Gasteiger partial charge in [0.1, 0.15) is 0 Å². The molecule has 0 bridgehead atoms. The van der Waals surface area contributed by atoms with Gasteiger partial charge < -0.3 is 9.84 Å². The van der Waals surface area contributed by atoms with E-state index in [1.54, 1.807) is 6.92 Å². The molecule has 0 heterocycles. The van der Waals surface area contributed by atoms with Crippen molar-refractivity contribution in [2.45, 2.75) is 51.6 Å². The van der Waals surface area contributed by atoms with E-state index in [-0.39, 0.29) is 12.1 Å². The molecule has 1 aliphatic rings. The Labute approximate surface area is 97.5 Å². The van der Waals surface area contributed by atoms with Gasteiger partial charge in [0.05, 0.1) is 12.7 Å². The van der Waals surface area contributed by atoms with Crippen molar-refractivity contribution < 1.29 is 14.6 Å². The van der Waals surface area contributed by atoms with Crippen LogP contribution in [-0.2, 0) is 9.53 Å². The molecular formula is C13H22O3. The van der Waals surface area contributed by atoms with Gasteiger partial charge in [0.2, 0.25) is 0 Å². The topological polar surface area (TPSA) is 46.5 Å². The second kappa shape index (κ2) is 6.69. The van der Waals surface area contributed by atoms with Gasteiger partial charge in [-0.2, -0.15) is 0 Å². The number of ether oxygens (including phenoxy) is 1. The molecule has 3 nitrogen and oxygen atoms in total. The van der Waals surface area contributed by atoms with Crippen LogP contribution in [0.15, 0.2) is 12.2 Å². The first-order valence-corrected chi connectivity index (χ1v) is 6.12. The number of aliphatic hydroxyl groups is 1. The van der Waals surface area contributed by atoms with E-state index in [2.05, 4.69) is 6.58 Å². The van der Waals surface area contributed by atoms with E-state index < -0.39 is 0 Å². The van der Waals surface area contributed by atoms with E-state index in [0.29, 0.717) is 18.1 Å². The summed E-state index contributed by atoms with van der Waals surface area (Å²) >= 11 is 0. The van der Waals surface area contributed by atoms with E-state index >= 15 is 0 Å². The Hall–Kier alpha value is -0.830. The highest BCUT2D eigenvalue weighted by Crippen LogP contribution is 2.27. The number of hydrogen-bond acceptors (Lipinski definition) is 3. The fraction of sp³-hybridized carbons (Fsp3) is 0.769. The lowest BCUT2D eigenvalue weighted by Gasteiger charge is -2.27. The zero-order valence-corrected chi connectivity index (χ0v) is 10.1. The second-order valence-electron chi connectivity index (χ2n) is 4.67. The Balaban J connectivity index is 2.10. The van der Waals surface area contributed by atoms with Crippen molar-refractivity contribution in [3.05, 3.63) is 12.2 Å². The van der Waals surface area contributed by atoms with Crippen molar-refractivity contribution in [3.63, 3.8) is 0 Å². The van der Waals surface area contributed by atoms with Crippen LogP contribution in [0.2, 0.25) is 0 Å². The molecule has 1 saturated carbocycles. The highest BCUT2D eigenvalue weighted by atomic mass is 16.5. The molecule has 92 valence electrons. The van der Waals surface area contributed by atoms with Gasteiger partial charge in [0.15, 0.2) is 0 Å². The summed E-state index contributed by atoms with van der Waals surface area (Å²) in [5, 5.41) is 9.74. The normalized spacial score (nSPS) is 25.1. The fourth-order valence-electron chi connectivity index (χ4n) is 2.16. The van der Waals surface area contributed by atoms with Gasteiger partial charge in [0, 0.05) is 5.57 Å². The van der Waals surface area contributed by atoms with E-state index in [4.69, 9.17) is 4.74 Å². The molecule has 1 N–H and O–H groups in total. The minimum Gasteiger partial charge on any atom is -0.462 e. The lowest BCUT2D eigenvalue weighted by atomic mass is 9.84. The fourth-order valence-corrected chi connectivity index (χ4v) is 2.16. The van der Waals surface area contributed by atoms with Gasteiger partial charge in [-0.25, -0.2) is 4.79 Å². The van der Waals surface area contributed by atoms with Crippen molar-refractivity contribution in [2.75, 3.05) is 6.61 Å². The van der Waals surface area contributed by atoms with Gasteiger partial charge in [-0.15, -0.1) is 0 Å². The Bertz CT molecular complexity index is 248. The van der Waals surface area contributed by atoms with Crippen LogP contribution in [-0.4, -0.2) is 23.8 Å². The summed E-state index contributed by atoms with van der Waals surface area (Å²) in [5.74, 6) is 0.0847. The van der Waals surface area contributed by atoms with Gasteiger partial charge >= 0.3 is 5.97 Å². The summed E-state index contributed by atoms with van der Waals surface area (Å²) in [7, 11) is 0. The summed E-state index contributed by atoms with van der Waals surface area (Å²) < 4.78 is 5.01. The van der Waals surface area contributed by atoms with Gasteiger partial charge in [-0.3, -0.25) is 0 Å². The number of aliphatic hydroxyl groups excluding tert-OH is 1. The maximum absolute atomic E-state index is 11.1. The quantitative estimate of drug-likeness (QED) is 0.445. The van der Waals surface area contributed by atoms with Crippen LogP contribution < -0.4 is 0 Å².